The van der Waals surface area contributed by atoms with Crippen molar-refractivity contribution in [3.8, 4) is 5.88 Å². The highest BCUT2D eigenvalue weighted by Gasteiger charge is 2.30. The molecule has 1 heterocycles. The van der Waals surface area contributed by atoms with E-state index < -0.39 is 25.7 Å². The monoisotopic (exact) mass is 496 g/mol. The van der Waals surface area contributed by atoms with Gasteiger partial charge in [0.05, 0.1) is 16.3 Å². The smallest absolute Gasteiger partial charge is 0.310 e. The van der Waals surface area contributed by atoms with Crippen molar-refractivity contribution in [2.75, 3.05) is 12.0 Å². The molecular formula is C23H32N2O6S2. The molecule has 1 aromatic heterocycles. The Hall–Kier alpha value is -2.46. The largest absolute Gasteiger partial charge is 0.361 e. The minimum atomic E-state index is -3.91. The molecule has 1 aromatic carbocycles. The molecule has 182 valence electrons. The van der Waals surface area contributed by atoms with Gasteiger partial charge in [0.1, 0.15) is 5.56 Å². The maximum atomic E-state index is 13.7. The number of carbonyl (C=O) groups excluding carboxylic acids is 1. The molecule has 0 saturated carbocycles. The summed E-state index contributed by atoms with van der Waals surface area (Å²) in [6.07, 6.45) is 1.49. The van der Waals surface area contributed by atoms with Crippen molar-refractivity contribution in [3.63, 3.8) is 0 Å². The van der Waals surface area contributed by atoms with Crippen LogP contribution in [0.2, 0.25) is 0 Å². The number of hydrogen-bond acceptors (Lipinski definition) is 7. The summed E-state index contributed by atoms with van der Waals surface area (Å²) in [6.45, 7) is 12.6. The van der Waals surface area contributed by atoms with Crippen LogP contribution >= 0.6 is 0 Å². The maximum Gasteiger partial charge on any atom is 0.310 e. The molecule has 0 unspecified atom stereocenters. The zero-order chi connectivity index (χ0) is 25.3. The second kappa shape index (κ2) is 9.80. The summed E-state index contributed by atoms with van der Waals surface area (Å²) in [5.41, 5.74) is 3.28. The van der Waals surface area contributed by atoms with Crippen LogP contribution < -0.4 is 4.18 Å². The number of carbonyl (C=O) groups is 1. The number of ketones is 1. The molecule has 0 spiro atoms. The van der Waals surface area contributed by atoms with E-state index in [1.54, 1.807) is 27.7 Å². The van der Waals surface area contributed by atoms with Crippen molar-refractivity contribution in [3.05, 3.63) is 45.7 Å². The lowest BCUT2D eigenvalue weighted by atomic mass is 9.91. The van der Waals surface area contributed by atoms with E-state index in [4.69, 9.17) is 4.18 Å². The predicted molar refractivity (Wildman–Crippen MR) is 129 cm³/mol. The van der Waals surface area contributed by atoms with Gasteiger partial charge in [0.15, 0.2) is 9.84 Å². The average molecular weight is 497 g/mol. The third kappa shape index (κ3) is 5.55. The molecule has 0 amide bonds. The first kappa shape index (κ1) is 26.8. The second-order valence-corrected chi connectivity index (χ2v) is 11.9. The summed E-state index contributed by atoms with van der Waals surface area (Å²) in [4.78, 5) is 13.8. The van der Waals surface area contributed by atoms with Crippen LogP contribution in [-0.2, 0) is 26.5 Å². The molecule has 2 rings (SSSR count). The van der Waals surface area contributed by atoms with Crippen molar-refractivity contribution in [1.29, 1.82) is 0 Å². The van der Waals surface area contributed by atoms with E-state index in [9.17, 15) is 21.6 Å². The van der Waals surface area contributed by atoms with Crippen LogP contribution in [0.5, 0.6) is 5.88 Å². The lowest BCUT2D eigenvalue weighted by Crippen LogP contribution is -2.18. The van der Waals surface area contributed by atoms with Crippen molar-refractivity contribution in [2.24, 2.45) is 0 Å². The third-order valence-electron chi connectivity index (χ3n) is 5.46. The highest BCUT2D eigenvalue weighted by atomic mass is 32.2. The zero-order valence-electron chi connectivity index (χ0n) is 20.4. The van der Waals surface area contributed by atoms with Gasteiger partial charge >= 0.3 is 10.1 Å². The fraction of sp³-hybridized carbons (Fsp3) is 0.478. The van der Waals surface area contributed by atoms with Gasteiger partial charge in [-0.3, -0.25) is 4.79 Å². The van der Waals surface area contributed by atoms with Gasteiger partial charge in [-0.05, 0) is 76.8 Å². The van der Waals surface area contributed by atoms with E-state index in [-0.39, 0.29) is 27.7 Å². The molecule has 0 aliphatic rings. The number of nitrogens with zero attached hydrogens (tertiary/aromatic N) is 2. The Morgan fingerprint density at radius 2 is 1.64 bits per heavy atom. The van der Waals surface area contributed by atoms with Gasteiger partial charge in [-0.2, -0.15) is 13.5 Å². The normalized spacial score (nSPS) is 12.0. The number of aromatic nitrogens is 2. The molecule has 0 aliphatic heterocycles. The lowest BCUT2D eigenvalue weighted by molar-refractivity contribution is 0.103. The Kier molecular flexibility index (Phi) is 7.96. The molecule has 0 N–H and O–H groups in total. The average Bonchev–Trinajstić information content (AvgIpc) is 3.00. The maximum absolute atomic E-state index is 13.7. The van der Waals surface area contributed by atoms with Crippen LogP contribution in [0.25, 0.3) is 5.57 Å². The van der Waals surface area contributed by atoms with Crippen LogP contribution in [0.15, 0.2) is 22.6 Å². The lowest BCUT2D eigenvalue weighted by Gasteiger charge is -2.17. The Bertz CT molecular complexity index is 1330. The summed E-state index contributed by atoms with van der Waals surface area (Å²) in [5.74, 6) is -0.796. The molecule has 0 saturated heterocycles. The SMILES string of the molecule is CCCS(=O)(=O)Oc1c(C(=O)c2ccc(S(C)(=O)=O)c(C(C)=C(C)C)c2C)c(C)nn1CC. The van der Waals surface area contributed by atoms with Gasteiger partial charge in [-0.15, -0.1) is 0 Å². The van der Waals surface area contributed by atoms with E-state index in [1.165, 1.54) is 16.8 Å². The first-order chi connectivity index (χ1) is 15.2. The van der Waals surface area contributed by atoms with Crippen LogP contribution in [0, 0.1) is 13.8 Å². The summed E-state index contributed by atoms with van der Waals surface area (Å²) < 4.78 is 56.3. The Balaban J connectivity index is 2.82. The van der Waals surface area contributed by atoms with Crippen LogP contribution in [0.4, 0.5) is 0 Å². The van der Waals surface area contributed by atoms with Crippen LogP contribution in [0.1, 0.15) is 73.8 Å². The van der Waals surface area contributed by atoms with E-state index >= 15 is 0 Å². The summed E-state index contributed by atoms with van der Waals surface area (Å²) >= 11 is 0. The van der Waals surface area contributed by atoms with Gasteiger partial charge in [0.2, 0.25) is 11.7 Å². The highest BCUT2D eigenvalue weighted by Crippen LogP contribution is 2.34. The first-order valence-electron chi connectivity index (χ1n) is 10.7. The number of hydrogen-bond donors (Lipinski definition) is 0. The molecule has 0 fully saturated rings. The third-order valence-corrected chi connectivity index (χ3v) is 7.92. The molecule has 33 heavy (non-hydrogen) atoms. The van der Waals surface area contributed by atoms with E-state index in [1.807, 2.05) is 20.8 Å². The van der Waals surface area contributed by atoms with E-state index in [2.05, 4.69) is 5.10 Å². The van der Waals surface area contributed by atoms with Crippen molar-refractivity contribution >= 4 is 31.3 Å². The number of rotatable bonds is 9. The second-order valence-electron chi connectivity index (χ2n) is 8.26. The van der Waals surface area contributed by atoms with Crippen LogP contribution in [-0.4, -0.2) is 44.4 Å². The zero-order valence-corrected chi connectivity index (χ0v) is 22.1. The van der Waals surface area contributed by atoms with Gasteiger partial charge in [0, 0.05) is 18.4 Å². The van der Waals surface area contributed by atoms with Crippen molar-refractivity contribution in [2.45, 2.75) is 66.3 Å². The number of benzene rings is 1. The minimum absolute atomic E-state index is 0.0486. The Labute approximate surface area is 196 Å². The number of sulfone groups is 1. The molecule has 10 heteroatoms. The van der Waals surface area contributed by atoms with E-state index in [0.29, 0.717) is 29.8 Å². The van der Waals surface area contributed by atoms with Gasteiger partial charge in [0.25, 0.3) is 0 Å². The molecule has 0 bridgehead atoms. The summed E-state index contributed by atoms with van der Waals surface area (Å²) in [7, 11) is -7.47. The van der Waals surface area contributed by atoms with Gasteiger partial charge in [-0.1, -0.05) is 12.5 Å². The minimum Gasteiger partial charge on any atom is -0.361 e. The van der Waals surface area contributed by atoms with Gasteiger partial charge < -0.3 is 4.18 Å². The first-order valence-corrected chi connectivity index (χ1v) is 14.1. The fourth-order valence-electron chi connectivity index (χ4n) is 3.63. The standard InChI is InChI=1S/C23H32N2O6S2/c1-9-13-33(29,30)31-23-21(17(7)24-25(23)10-2)22(26)18-11-12-19(32(8,27)28)20(16(18)6)15(5)14(3)4/h11-12H,9-10,13H2,1-8H3. The molecule has 8 nitrogen and oxygen atoms in total. The van der Waals surface area contributed by atoms with Crippen molar-refractivity contribution < 1.29 is 25.8 Å². The molecule has 0 aliphatic carbocycles. The number of allylic oxidation sites excluding steroid dienone is 2. The predicted octanol–water partition coefficient (Wildman–Crippen LogP) is 4.09. The van der Waals surface area contributed by atoms with E-state index in [0.717, 1.165) is 17.4 Å². The highest BCUT2D eigenvalue weighted by molar-refractivity contribution is 7.90. The van der Waals surface area contributed by atoms with Gasteiger partial charge in [-0.25, -0.2) is 13.1 Å². The van der Waals surface area contributed by atoms with Crippen LogP contribution in [0.3, 0.4) is 0 Å². The molecular weight excluding hydrogens is 464 g/mol. The molecule has 0 radical (unpaired) electrons. The Morgan fingerprint density at radius 1 is 1.03 bits per heavy atom. The molecule has 2 aromatic rings. The summed E-state index contributed by atoms with van der Waals surface area (Å²) in [6, 6.07) is 2.88. The molecule has 0 atom stereocenters. The Morgan fingerprint density at radius 3 is 2.12 bits per heavy atom. The number of aryl methyl sites for hydroxylation is 2. The quantitative estimate of drug-likeness (QED) is 0.380. The fourth-order valence-corrected chi connectivity index (χ4v) is 5.61. The van der Waals surface area contributed by atoms with Crippen molar-refractivity contribution in [1.82, 2.24) is 9.78 Å². The topological polar surface area (TPSA) is 112 Å². The summed E-state index contributed by atoms with van der Waals surface area (Å²) in [5, 5.41) is 4.29.